The highest BCUT2D eigenvalue weighted by Gasteiger charge is 2.27. The zero-order valence-corrected chi connectivity index (χ0v) is 17.5. The smallest absolute Gasteiger partial charge is 0.276 e. The molecular formula is C19H24Cl2N6O. The number of rotatable bonds is 3. The summed E-state index contributed by atoms with van der Waals surface area (Å²) in [5.41, 5.74) is 2.92. The normalized spacial score (nSPS) is 14.2. The fourth-order valence-corrected chi connectivity index (χ4v) is 3.55. The van der Waals surface area contributed by atoms with Gasteiger partial charge in [-0.15, -0.1) is 29.9 Å². The number of hydrogen-bond donors (Lipinski definition) is 1. The highest BCUT2D eigenvalue weighted by molar-refractivity contribution is 5.94. The van der Waals surface area contributed by atoms with Gasteiger partial charge in [-0.25, -0.2) is 4.68 Å². The summed E-state index contributed by atoms with van der Waals surface area (Å²) < 4.78 is 1.73. The first-order valence-electron chi connectivity index (χ1n) is 8.91. The van der Waals surface area contributed by atoms with Crippen LogP contribution < -0.4 is 5.32 Å². The zero-order chi connectivity index (χ0) is 18.1. The fourth-order valence-electron chi connectivity index (χ4n) is 3.55. The zero-order valence-electron chi connectivity index (χ0n) is 15.8. The quantitative estimate of drug-likeness (QED) is 0.701. The van der Waals surface area contributed by atoms with Crippen LogP contribution in [0.4, 0.5) is 0 Å². The number of benzene rings is 1. The van der Waals surface area contributed by atoms with E-state index in [4.69, 9.17) is 0 Å². The van der Waals surface area contributed by atoms with Crippen LogP contribution in [0.15, 0.2) is 36.5 Å². The van der Waals surface area contributed by atoms with Gasteiger partial charge in [0.25, 0.3) is 5.91 Å². The first-order chi connectivity index (χ1) is 12.7. The number of piperidine rings is 1. The van der Waals surface area contributed by atoms with Crippen molar-refractivity contribution in [2.45, 2.75) is 25.8 Å². The minimum Gasteiger partial charge on any atom is -0.337 e. The number of carbonyl (C=O) groups is 1. The molecule has 3 aromatic rings. The average Bonchev–Trinajstić information content (AvgIpc) is 3.08. The first-order valence-corrected chi connectivity index (χ1v) is 8.91. The van der Waals surface area contributed by atoms with E-state index in [1.54, 1.807) is 10.9 Å². The van der Waals surface area contributed by atoms with Crippen LogP contribution >= 0.6 is 24.8 Å². The Hall–Kier alpha value is -2.22. The number of aromatic nitrogens is 4. The SMILES string of the molecule is Cc1c(C(=O)N(C)C2CCNCC2)nnn1-c1cccc2ncccc12.Cl.Cl. The third-order valence-corrected chi connectivity index (χ3v) is 5.12. The molecule has 0 aliphatic carbocycles. The van der Waals surface area contributed by atoms with E-state index < -0.39 is 0 Å². The van der Waals surface area contributed by atoms with E-state index in [9.17, 15) is 4.79 Å². The maximum atomic E-state index is 13.0. The van der Waals surface area contributed by atoms with Crippen molar-refractivity contribution in [3.05, 3.63) is 47.9 Å². The molecule has 7 nitrogen and oxygen atoms in total. The number of amides is 1. The fraction of sp³-hybridized carbons (Fsp3) is 0.368. The van der Waals surface area contributed by atoms with Gasteiger partial charge in [-0.3, -0.25) is 9.78 Å². The van der Waals surface area contributed by atoms with Gasteiger partial charge in [-0.05, 0) is 57.1 Å². The maximum absolute atomic E-state index is 13.0. The molecule has 1 aliphatic rings. The number of nitrogens with zero attached hydrogens (tertiary/aromatic N) is 5. The van der Waals surface area contributed by atoms with E-state index >= 15 is 0 Å². The van der Waals surface area contributed by atoms with Crippen LogP contribution in [0.5, 0.6) is 0 Å². The van der Waals surface area contributed by atoms with Crippen LogP contribution in [0, 0.1) is 6.92 Å². The molecule has 4 rings (SSSR count). The summed E-state index contributed by atoms with van der Waals surface area (Å²) in [6, 6.07) is 10.0. The number of halogens is 2. The lowest BCUT2D eigenvalue weighted by atomic mass is 10.0. The Kier molecular flexibility index (Phi) is 7.35. The van der Waals surface area contributed by atoms with Crippen LogP contribution in [0.2, 0.25) is 0 Å². The number of nitrogens with one attached hydrogen (secondary N) is 1. The summed E-state index contributed by atoms with van der Waals surface area (Å²) in [5.74, 6) is -0.0704. The molecule has 28 heavy (non-hydrogen) atoms. The van der Waals surface area contributed by atoms with Gasteiger partial charge in [0.1, 0.15) is 0 Å². The van der Waals surface area contributed by atoms with Crippen molar-refractivity contribution in [1.29, 1.82) is 0 Å². The molecule has 3 heterocycles. The van der Waals surface area contributed by atoms with Gasteiger partial charge in [0.05, 0.1) is 16.9 Å². The highest BCUT2D eigenvalue weighted by atomic mass is 35.5. The van der Waals surface area contributed by atoms with Gasteiger partial charge in [-0.1, -0.05) is 11.3 Å². The van der Waals surface area contributed by atoms with Gasteiger partial charge in [0.2, 0.25) is 0 Å². The van der Waals surface area contributed by atoms with Crippen LogP contribution in [0.1, 0.15) is 29.0 Å². The van der Waals surface area contributed by atoms with E-state index in [0.717, 1.165) is 48.2 Å². The average molecular weight is 423 g/mol. The lowest BCUT2D eigenvalue weighted by Crippen LogP contribution is -2.44. The van der Waals surface area contributed by atoms with Crippen molar-refractivity contribution in [2.75, 3.05) is 20.1 Å². The predicted octanol–water partition coefficient (Wildman–Crippen LogP) is 2.79. The Morgan fingerprint density at radius 1 is 1.18 bits per heavy atom. The van der Waals surface area contributed by atoms with E-state index in [0.29, 0.717) is 5.69 Å². The largest absolute Gasteiger partial charge is 0.337 e. The second kappa shape index (κ2) is 9.32. The Balaban J connectivity index is 0.00000140. The van der Waals surface area contributed by atoms with Crippen molar-refractivity contribution < 1.29 is 4.79 Å². The Labute approximate surface area is 176 Å². The van der Waals surface area contributed by atoms with Crippen molar-refractivity contribution in [1.82, 2.24) is 30.2 Å². The first kappa shape index (κ1) is 22.1. The van der Waals surface area contributed by atoms with Crippen molar-refractivity contribution in [3.8, 4) is 5.69 Å². The molecule has 1 fully saturated rings. The van der Waals surface area contributed by atoms with Gasteiger partial charge < -0.3 is 10.2 Å². The molecule has 1 saturated heterocycles. The number of carbonyl (C=O) groups excluding carboxylic acids is 1. The Morgan fingerprint density at radius 3 is 2.68 bits per heavy atom. The summed E-state index contributed by atoms with van der Waals surface area (Å²) in [6.45, 7) is 3.77. The number of pyridine rings is 1. The van der Waals surface area contributed by atoms with Gasteiger partial charge in [0, 0.05) is 24.7 Å². The third-order valence-electron chi connectivity index (χ3n) is 5.12. The second-order valence-electron chi connectivity index (χ2n) is 6.68. The van der Waals surface area contributed by atoms with E-state index in [1.165, 1.54) is 0 Å². The van der Waals surface area contributed by atoms with Crippen LogP contribution in [0.3, 0.4) is 0 Å². The Morgan fingerprint density at radius 2 is 1.93 bits per heavy atom. The molecule has 0 unspecified atom stereocenters. The Bertz CT molecular complexity index is 949. The van der Waals surface area contributed by atoms with Gasteiger partial charge >= 0.3 is 0 Å². The van der Waals surface area contributed by atoms with E-state index in [-0.39, 0.29) is 36.8 Å². The minimum atomic E-state index is -0.0704. The minimum absolute atomic E-state index is 0. The topological polar surface area (TPSA) is 75.9 Å². The lowest BCUT2D eigenvalue weighted by molar-refractivity contribution is 0.0696. The molecule has 0 saturated carbocycles. The molecule has 0 bridgehead atoms. The summed E-state index contributed by atoms with van der Waals surface area (Å²) >= 11 is 0. The molecule has 1 amide bonds. The molecule has 1 N–H and O–H groups in total. The number of fused-ring (bicyclic) bond motifs is 1. The van der Waals surface area contributed by atoms with Crippen molar-refractivity contribution >= 4 is 41.6 Å². The molecule has 2 aromatic heterocycles. The molecule has 150 valence electrons. The van der Waals surface area contributed by atoms with Crippen LogP contribution in [-0.4, -0.2) is 57.0 Å². The number of hydrogen-bond acceptors (Lipinski definition) is 5. The molecule has 0 spiro atoms. The van der Waals surface area contributed by atoms with Gasteiger partial charge in [0.15, 0.2) is 5.69 Å². The molecule has 0 atom stereocenters. The third kappa shape index (κ3) is 3.97. The second-order valence-corrected chi connectivity index (χ2v) is 6.68. The molecule has 1 aromatic carbocycles. The summed E-state index contributed by atoms with van der Waals surface area (Å²) in [5, 5.41) is 12.8. The van der Waals surface area contributed by atoms with E-state index in [2.05, 4.69) is 20.6 Å². The maximum Gasteiger partial charge on any atom is 0.276 e. The van der Waals surface area contributed by atoms with E-state index in [1.807, 2.05) is 49.2 Å². The molecular weight excluding hydrogens is 399 g/mol. The summed E-state index contributed by atoms with van der Waals surface area (Å²) in [4.78, 5) is 19.1. The summed E-state index contributed by atoms with van der Waals surface area (Å²) in [6.07, 6.45) is 3.69. The molecule has 0 radical (unpaired) electrons. The van der Waals surface area contributed by atoms with Crippen LogP contribution in [0.25, 0.3) is 16.6 Å². The predicted molar refractivity (Wildman–Crippen MR) is 114 cm³/mol. The van der Waals surface area contributed by atoms with Crippen LogP contribution in [-0.2, 0) is 0 Å². The van der Waals surface area contributed by atoms with Crippen molar-refractivity contribution in [2.24, 2.45) is 0 Å². The highest BCUT2D eigenvalue weighted by Crippen LogP contribution is 2.22. The molecule has 1 aliphatic heterocycles. The molecule has 9 heteroatoms. The lowest BCUT2D eigenvalue weighted by Gasteiger charge is -2.31. The van der Waals surface area contributed by atoms with Gasteiger partial charge in [-0.2, -0.15) is 0 Å². The van der Waals surface area contributed by atoms with Crippen molar-refractivity contribution in [3.63, 3.8) is 0 Å². The summed E-state index contributed by atoms with van der Waals surface area (Å²) in [7, 11) is 1.86. The monoisotopic (exact) mass is 422 g/mol. The standard InChI is InChI=1S/C19H22N6O.2ClH/c1-13-18(19(26)24(2)14-8-11-20-12-9-14)22-23-25(13)17-7-3-6-16-15(17)5-4-10-21-16;;/h3-7,10,14,20H,8-9,11-12H2,1-2H3;2*1H.